The molecule has 0 unspecified atom stereocenters. The van der Waals surface area contributed by atoms with Gasteiger partial charge in [0.05, 0.1) is 17.7 Å². The number of nitriles is 2. The topological polar surface area (TPSA) is 112 Å². The highest BCUT2D eigenvalue weighted by Gasteiger charge is 2.18. The first-order valence-corrected chi connectivity index (χ1v) is 12.3. The zero-order valence-electron chi connectivity index (χ0n) is 20.1. The number of piperazine rings is 1. The van der Waals surface area contributed by atoms with Crippen molar-refractivity contribution in [1.82, 2.24) is 15.2 Å². The van der Waals surface area contributed by atoms with Crippen LogP contribution < -0.4 is 10.2 Å². The zero-order chi connectivity index (χ0) is 24.9. The van der Waals surface area contributed by atoms with Crippen molar-refractivity contribution in [2.75, 3.05) is 44.2 Å². The molecule has 2 aromatic carbocycles. The lowest BCUT2D eigenvalue weighted by atomic mass is 10.1. The number of benzene rings is 2. The van der Waals surface area contributed by atoms with Crippen LogP contribution in [0.4, 0.5) is 5.69 Å². The number of nitrogens with zero attached hydrogens (tertiary/aromatic N) is 4. The van der Waals surface area contributed by atoms with Crippen molar-refractivity contribution in [2.24, 2.45) is 0 Å². The van der Waals surface area contributed by atoms with Crippen LogP contribution in [0.1, 0.15) is 34.5 Å². The maximum absolute atomic E-state index is 12.1. The second-order valence-electron chi connectivity index (χ2n) is 9.15. The van der Waals surface area contributed by atoms with Gasteiger partial charge in [0.2, 0.25) is 0 Å². The number of unbranched alkanes of at least 4 members (excludes halogenated alkanes) is 1. The van der Waals surface area contributed by atoms with Crippen LogP contribution in [-0.2, 0) is 6.42 Å². The van der Waals surface area contributed by atoms with Crippen molar-refractivity contribution >= 4 is 33.5 Å². The average molecular weight is 481 g/mol. The van der Waals surface area contributed by atoms with Crippen LogP contribution in [-0.4, -0.2) is 55.1 Å². The first-order chi connectivity index (χ1) is 17.6. The number of hydrogen-bond donors (Lipinski definition) is 2. The number of aromatic nitrogens is 1. The van der Waals surface area contributed by atoms with E-state index in [9.17, 15) is 10.1 Å². The quantitative estimate of drug-likeness (QED) is 0.289. The Morgan fingerprint density at radius 2 is 1.92 bits per heavy atom. The number of aryl methyl sites for hydroxylation is 1. The number of furan rings is 1. The molecule has 0 bridgehead atoms. The Labute approximate surface area is 209 Å². The monoisotopic (exact) mass is 480 g/mol. The summed E-state index contributed by atoms with van der Waals surface area (Å²) >= 11 is 0. The SMILES string of the molecule is N#CCNC(=O)c1cc2cc(N3CCN(CCCCc4c[nH]c5ccc(C#N)cc45)CC3)ccc2o1. The lowest BCUT2D eigenvalue weighted by molar-refractivity contribution is 0.0933. The predicted molar refractivity (Wildman–Crippen MR) is 139 cm³/mol. The molecular formula is C28H28N6O2. The van der Waals surface area contributed by atoms with Crippen molar-refractivity contribution in [3.05, 3.63) is 65.5 Å². The number of nitrogens with one attached hydrogen (secondary N) is 2. The van der Waals surface area contributed by atoms with E-state index in [4.69, 9.17) is 9.68 Å². The van der Waals surface area contributed by atoms with Crippen LogP contribution >= 0.6 is 0 Å². The summed E-state index contributed by atoms with van der Waals surface area (Å²) in [5.74, 6) is -0.153. The van der Waals surface area contributed by atoms with E-state index in [0.717, 1.165) is 74.0 Å². The highest BCUT2D eigenvalue weighted by molar-refractivity contribution is 5.96. The molecule has 1 amide bonds. The number of H-pyrrole nitrogens is 1. The molecule has 4 aromatic rings. The number of fused-ring (bicyclic) bond motifs is 2. The van der Waals surface area contributed by atoms with Gasteiger partial charge in [0.1, 0.15) is 12.1 Å². The van der Waals surface area contributed by atoms with Crippen molar-refractivity contribution in [3.63, 3.8) is 0 Å². The molecule has 5 rings (SSSR count). The molecule has 0 saturated carbocycles. The minimum atomic E-state index is -0.375. The van der Waals surface area contributed by atoms with Gasteiger partial charge in [0.25, 0.3) is 5.91 Å². The van der Waals surface area contributed by atoms with Gasteiger partial charge in [-0.05, 0) is 73.8 Å². The lowest BCUT2D eigenvalue weighted by Crippen LogP contribution is -2.46. The molecule has 2 N–H and O–H groups in total. The Bertz CT molecular complexity index is 1460. The minimum Gasteiger partial charge on any atom is -0.451 e. The summed E-state index contributed by atoms with van der Waals surface area (Å²) in [6.45, 7) is 4.99. The van der Waals surface area contributed by atoms with Gasteiger partial charge in [-0.1, -0.05) is 0 Å². The van der Waals surface area contributed by atoms with E-state index in [2.05, 4.69) is 38.4 Å². The normalized spacial score (nSPS) is 14.1. The highest BCUT2D eigenvalue weighted by atomic mass is 16.3. The molecule has 0 aliphatic carbocycles. The van der Waals surface area contributed by atoms with Gasteiger partial charge in [-0.2, -0.15) is 10.5 Å². The number of anilines is 1. The third-order valence-electron chi connectivity index (χ3n) is 6.86. The van der Waals surface area contributed by atoms with Crippen molar-refractivity contribution < 1.29 is 9.21 Å². The Kier molecular flexibility index (Phi) is 6.88. The molecule has 3 heterocycles. The first kappa shape index (κ1) is 23.5. The highest BCUT2D eigenvalue weighted by Crippen LogP contribution is 2.26. The number of aromatic amines is 1. The fraction of sp³-hybridized carbons (Fsp3) is 0.321. The molecule has 2 aromatic heterocycles. The summed E-state index contributed by atoms with van der Waals surface area (Å²) in [5.41, 5.74) is 4.87. The van der Waals surface area contributed by atoms with Crippen LogP contribution in [0.15, 0.2) is 53.1 Å². The summed E-state index contributed by atoms with van der Waals surface area (Å²) in [4.78, 5) is 20.3. The van der Waals surface area contributed by atoms with Gasteiger partial charge in [0, 0.05) is 54.4 Å². The van der Waals surface area contributed by atoms with Crippen molar-refractivity contribution in [2.45, 2.75) is 19.3 Å². The molecule has 8 nitrogen and oxygen atoms in total. The number of carbonyl (C=O) groups is 1. The van der Waals surface area contributed by atoms with Crippen LogP contribution in [0.3, 0.4) is 0 Å². The van der Waals surface area contributed by atoms with Gasteiger partial charge in [-0.3, -0.25) is 9.69 Å². The third-order valence-corrected chi connectivity index (χ3v) is 6.86. The molecule has 1 aliphatic rings. The largest absolute Gasteiger partial charge is 0.451 e. The second kappa shape index (κ2) is 10.6. The molecule has 0 spiro atoms. The van der Waals surface area contributed by atoms with Crippen LogP contribution in [0.2, 0.25) is 0 Å². The predicted octanol–water partition coefficient (Wildman–Crippen LogP) is 4.18. The van der Waals surface area contributed by atoms with Crippen LogP contribution in [0, 0.1) is 22.7 Å². The van der Waals surface area contributed by atoms with Gasteiger partial charge in [-0.25, -0.2) is 0 Å². The van der Waals surface area contributed by atoms with Gasteiger partial charge < -0.3 is 19.6 Å². The fourth-order valence-electron chi connectivity index (χ4n) is 4.88. The Morgan fingerprint density at radius 1 is 1.06 bits per heavy atom. The first-order valence-electron chi connectivity index (χ1n) is 12.3. The van der Waals surface area contributed by atoms with Gasteiger partial charge in [-0.15, -0.1) is 0 Å². The third kappa shape index (κ3) is 5.05. The molecule has 0 atom stereocenters. The summed E-state index contributed by atoms with van der Waals surface area (Å²) < 4.78 is 5.64. The van der Waals surface area contributed by atoms with Crippen LogP contribution in [0.25, 0.3) is 21.9 Å². The van der Waals surface area contributed by atoms with E-state index in [1.807, 2.05) is 36.4 Å². The lowest BCUT2D eigenvalue weighted by Gasteiger charge is -2.36. The number of rotatable bonds is 8. The molecule has 182 valence electrons. The molecule has 0 radical (unpaired) electrons. The van der Waals surface area contributed by atoms with E-state index in [1.54, 1.807) is 6.07 Å². The number of amides is 1. The molecule has 1 fully saturated rings. The van der Waals surface area contributed by atoms with Crippen LogP contribution in [0.5, 0.6) is 0 Å². The Balaban J connectivity index is 1.10. The standard InChI is InChI=1S/C28H28N6O2/c29-8-9-31-28(35)27-17-22-16-23(5-7-26(22)36-27)34-13-11-33(12-14-34)10-2-1-3-21-19-32-25-6-4-20(18-30)15-24(21)25/h4-7,15-17,19,32H,1-3,9-14H2,(H,31,35). The van der Waals surface area contributed by atoms with Gasteiger partial charge in [0.15, 0.2) is 5.76 Å². The molecule has 1 aliphatic heterocycles. The Morgan fingerprint density at radius 3 is 2.72 bits per heavy atom. The summed E-state index contributed by atoms with van der Waals surface area (Å²) in [7, 11) is 0. The van der Waals surface area contributed by atoms with Crippen molar-refractivity contribution in [1.29, 1.82) is 10.5 Å². The van der Waals surface area contributed by atoms with E-state index < -0.39 is 0 Å². The average Bonchev–Trinajstić information content (AvgIpc) is 3.53. The van der Waals surface area contributed by atoms with Crippen molar-refractivity contribution in [3.8, 4) is 12.1 Å². The summed E-state index contributed by atoms with van der Waals surface area (Å²) in [6.07, 6.45) is 5.34. The molecule has 36 heavy (non-hydrogen) atoms. The van der Waals surface area contributed by atoms with E-state index in [-0.39, 0.29) is 18.2 Å². The van der Waals surface area contributed by atoms with E-state index in [1.165, 1.54) is 5.56 Å². The second-order valence-corrected chi connectivity index (χ2v) is 9.15. The van der Waals surface area contributed by atoms with Gasteiger partial charge >= 0.3 is 0 Å². The number of hydrogen-bond acceptors (Lipinski definition) is 6. The maximum atomic E-state index is 12.1. The molecule has 8 heteroatoms. The smallest absolute Gasteiger partial charge is 0.287 e. The Hall–Kier alpha value is -4.27. The minimum absolute atomic E-state index is 0.0440. The van der Waals surface area contributed by atoms with E-state index >= 15 is 0 Å². The summed E-state index contributed by atoms with van der Waals surface area (Å²) in [6, 6.07) is 17.7. The maximum Gasteiger partial charge on any atom is 0.287 e. The molecule has 1 saturated heterocycles. The zero-order valence-corrected chi connectivity index (χ0v) is 20.1. The number of carbonyl (C=O) groups excluding carboxylic acids is 1. The summed E-state index contributed by atoms with van der Waals surface area (Å²) in [5, 5.41) is 22.4. The fourth-order valence-corrected chi connectivity index (χ4v) is 4.88. The van der Waals surface area contributed by atoms with E-state index in [0.29, 0.717) is 11.1 Å². The molecular weight excluding hydrogens is 452 g/mol.